The standard InChI is InChI=1S/C26H24N4O3S/c1-16(18-11-10-17-6-2-3-7-19(17)14-18)29-22(31)15-33-26(32)24-23(27-12-13-28-24)25-30-20-8-4-5-9-21(20)34-25/h4-5,8-14,16H,2-3,6-7,15H2,1H3,(H,29,31). The summed E-state index contributed by atoms with van der Waals surface area (Å²) in [4.78, 5) is 38.2. The van der Waals surface area contributed by atoms with Gasteiger partial charge in [-0.2, -0.15) is 0 Å². The molecule has 1 amide bonds. The maximum Gasteiger partial charge on any atom is 0.359 e. The van der Waals surface area contributed by atoms with Gasteiger partial charge in [-0.1, -0.05) is 30.3 Å². The zero-order valence-electron chi connectivity index (χ0n) is 18.8. The second kappa shape index (κ2) is 9.69. The minimum Gasteiger partial charge on any atom is -0.451 e. The van der Waals surface area contributed by atoms with Crippen LogP contribution in [0.15, 0.2) is 54.9 Å². The van der Waals surface area contributed by atoms with Crippen LogP contribution in [0.4, 0.5) is 0 Å². The van der Waals surface area contributed by atoms with E-state index in [1.54, 1.807) is 0 Å². The van der Waals surface area contributed by atoms with Crippen molar-refractivity contribution in [1.29, 1.82) is 0 Å². The second-order valence-corrected chi connectivity index (χ2v) is 9.37. The van der Waals surface area contributed by atoms with E-state index in [0.29, 0.717) is 10.7 Å². The summed E-state index contributed by atoms with van der Waals surface area (Å²) in [5.41, 5.74) is 5.01. The molecular formula is C26H24N4O3S. The number of carbonyl (C=O) groups is 2. The molecule has 1 N–H and O–H groups in total. The molecule has 0 spiro atoms. The molecule has 0 aliphatic heterocycles. The van der Waals surface area contributed by atoms with E-state index in [1.807, 2.05) is 31.2 Å². The molecule has 1 aliphatic carbocycles. The number of benzene rings is 2. The summed E-state index contributed by atoms with van der Waals surface area (Å²) < 4.78 is 6.26. The molecule has 5 rings (SSSR count). The van der Waals surface area contributed by atoms with Crippen molar-refractivity contribution < 1.29 is 14.3 Å². The van der Waals surface area contributed by atoms with Crippen LogP contribution >= 0.6 is 11.3 Å². The van der Waals surface area contributed by atoms with Crippen LogP contribution in [-0.4, -0.2) is 33.4 Å². The van der Waals surface area contributed by atoms with Crippen molar-refractivity contribution >= 4 is 33.4 Å². The van der Waals surface area contributed by atoms with Gasteiger partial charge < -0.3 is 10.1 Å². The van der Waals surface area contributed by atoms with Crippen LogP contribution in [0.2, 0.25) is 0 Å². The molecule has 8 heteroatoms. The number of thiazole rings is 1. The van der Waals surface area contributed by atoms with Gasteiger partial charge in [-0.15, -0.1) is 11.3 Å². The quantitative estimate of drug-likeness (QED) is 0.410. The van der Waals surface area contributed by atoms with E-state index in [0.717, 1.165) is 28.6 Å². The lowest BCUT2D eigenvalue weighted by Gasteiger charge is -2.20. The number of hydrogen-bond donors (Lipinski definition) is 1. The van der Waals surface area contributed by atoms with Crippen LogP contribution in [0.25, 0.3) is 20.9 Å². The number of ether oxygens (including phenoxy) is 1. The van der Waals surface area contributed by atoms with Gasteiger partial charge in [0, 0.05) is 12.4 Å². The van der Waals surface area contributed by atoms with Gasteiger partial charge in [0.2, 0.25) is 0 Å². The molecule has 7 nitrogen and oxygen atoms in total. The van der Waals surface area contributed by atoms with Gasteiger partial charge in [-0.25, -0.2) is 19.7 Å². The predicted octanol–water partition coefficient (Wildman–Crippen LogP) is 4.67. The zero-order valence-corrected chi connectivity index (χ0v) is 19.6. The largest absolute Gasteiger partial charge is 0.451 e. The zero-order chi connectivity index (χ0) is 23.5. The minimum atomic E-state index is -0.709. The normalized spacial score (nSPS) is 13.8. The Kier molecular flexibility index (Phi) is 6.31. The molecular weight excluding hydrogens is 448 g/mol. The molecule has 0 fully saturated rings. The highest BCUT2D eigenvalue weighted by molar-refractivity contribution is 7.21. The number of hydrogen-bond acceptors (Lipinski definition) is 7. The Balaban J connectivity index is 1.24. The molecule has 34 heavy (non-hydrogen) atoms. The number of fused-ring (bicyclic) bond motifs is 2. The lowest BCUT2D eigenvalue weighted by molar-refractivity contribution is -0.124. The Morgan fingerprint density at radius 3 is 2.71 bits per heavy atom. The van der Waals surface area contributed by atoms with Gasteiger partial charge in [-0.3, -0.25) is 4.79 Å². The van der Waals surface area contributed by atoms with E-state index >= 15 is 0 Å². The van der Waals surface area contributed by atoms with Crippen molar-refractivity contribution in [1.82, 2.24) is 20.3 Å². The fraction of sp³-hybridized carbons (Fsp3) is 0.269. The fourth-order valence-corrected chi connectivity index (χ4v) is 5.17. The first-order valence-electron chi connectivity index (χ1n) is 11.3. The molecule has 0 bridgehead atoms. The van der Waals surface area contributed by atoms with Crippen molar-refractivity contribution in [2.75, 3.05) is 6.61 Å². The Hall–Kier alpha value is -3.65. The van der Waals surface area contributed by atoms with Gasteiger partial charge in [0.15, 0.2) is 12.3 Å². The first-order valence-corrected chi connectivity index (χ1v) is 12.2. The molecule has 1 aliphatic rings. The molecule has 2 aromatic heterocycles. The number of aromatic nitrogens is 3. The fourth-order valence-electron chi connectivity index (χ4n) is 4.21. The molecule has 1 unspecified atom stereocenters. The maximum atomic E-state index is 12.7. The first-order chi connectivity index (χ1) is 16.6. The van der Waals surface area contributed by atoms with Crippen molar-refractivity contribution in [2.24, 2.45) is 0 Å². The summed E-state index contributed by atoms with van der Waals surface area (Å²) in [6.45, 7) is 1.53. The molecule has 172 valence electrons. The smallest absolute Gasteiger partial charge is 0.359 e. The highest BCUT2D eigenvalue weighted by Gasteiger charge is 2.21. The maximum absolute atomic E-state index is 12.7. The van der Waals surface area contributed by atoms with Crippen molar-refractivity contribution in [3.63, 3.8) is 0 Å². The Morgan fingerprint density at radius 1 is 1.06 bits per heavy atom. The average molecular weight is 473 g/mol. The predicted molar refractivity (Wildman–Crippen MR) is 131 cm³/mol. The lowest BCUT2D eigenvalue weighted by atomic mass is 9.89. The van der Waals surface area contributed by atoms with Crippen molar-refractivity contribution in [2.45, 2.75) is 38.6 Å². The molecule has 4 aromatic rings. The number of amides is 1. The van der Waals surface area contributed by atoms with Crippen molar-refractivity contribution in [3.05, 3.63) is 77.2 Å². The number of carbonyl (C=O) groups excluding carboxylic acids is 2. The monoisotopic (exact) mass is 472 g/mol. The van der Waals surface area contributed by atoms with Crippen LogP contribution in [0.1, 0.15) is 53.0 Å². The van der Waals surface area contributed by atoms with Crippen LogP contribution in [0.5, 0.6) is 0 Å². The van der Waals surface area contributed by atoms with Gasteiger partial charge in [0.05, 0.1) is 16.3 Å². The Bertz CT molecular complexity index is 1330. The minimum absolute atomic E-state index is 0.0390. The first kappa shape index (κ1) is 22.2. The van der Waals surface area contributed by atoms with E-state index in [-0.39, 0.29) is 17.6 Å². The summed E-state index contributed by atoms with van der Waals surface area (Å²) >= 11 is 1.42. The Morgan fingerprint density at radius 2 is 1.85 bits per heavy atom. The lowest BCUT2D eigenvalue weighted by Crippen LogP contribution is -2.31. The van der Waals surface area contributed by atoms with Gasteiger partial charge in [0.25, 0.3) is 5.91 Å². The third kappa shape index (κ3) is 4.68. The summed E-state index contributed by atoms with van der Waals surface area (Å²) in [6, 6.07) is 13.9. The molecule has 1 atom stereocenters. The summed E-state index contributed by atoms with van der Waals surface area (Å²) in [7, 11) is 0. The van der Waals surface area contributed by atoms with E-state index in [1.165, 1.54) is 47.7 Å². The number of rotatable bonds is 6. The average Bonchev–Trinajstić information content (AvgIpc) is 3.31. The summed E-state index contributed by atoms with van der Waals surface area (Å²) in [5, 5.41) is 3.49. The molecule has 0 saturated carbocycles. The molecule has 0 saturated heterocycles. The molecule has 2 heterocycles. The summed E-state index contributed by atoms with van der Waals surface area (Å²) in [5.74, 6) is -1.08. The van der Waals surface area contributed by atoms with E-state index in [2.05, 4.69) is 38.5 Å². The third-order valence-corrected chi connectivity index (χ3v) is 7.02. The number of nitrogens with one attached hydrogen (secondary N) is 1. The van der Waals surface area contributed by atoms with Crippen LogP contribution in [0.3, 0.4) is 0 Å². The highest BCUT2D eigenvalue weighted by atomic mass is 32.1. The van der Waals surface area contributed by atoms with Crippen LogP contribution in [-0.2, 0) is 22.4 Å². The molecule has 2 aromatic carbocycles. The molecule has 0 radical (unpaired) electrons. The SMILES string of the molecule is CC(NC(=O)COC(=O)c1nccnc1-c1nc2ccccc2s1)c1ccc2c(c1)CCCC2. The topological polar surface area (TPSA) is 94.1 Å². The Labute approximate surface area is 201 Å². The highest BCUT2D eigenvalue weighted by Crippen LogP contribution is 2.30. The second-order valence-electron chi connectivity index (χ2n) is 8.34. The van der Waals surface area contributed by atoms with Crippen LogP contribution in [0, 0.1) is 0 Å². The summed E-state index contributed by atoms with van der Waals surface area (Å²) in [6.07, 6.45) is 7.56. The number of esters is 1. The number of para-hydroxylation sites is 1. The van der Waals surface area contributed by atoms with E-state index in [9.17, 15) is 9.59 Å². The van der Waals surface area contributed by atoms with Crippen molar-refractivity contribution in [3.8, 4) is 10.7 Å². The third-order valence-electron chi connectivity index (χ3n) is 5.97. The van der Waals surface area contributed by atoms with Gasteiger partial charge in [-0.05, 0) is 61.4 Å². The van der Waals surface area contributed by atoms with E-state index < -0.39 is 12.6 Å². The van der Waals surface area contributed by atoms with E-state index in [4.69, 9.17) is 4.74 Å². The number of aryl methyl sites for hydroxylation is 2. The number of nitrogens with zero attached hydrogens (tertiary/aromatic N) is 3. The van der Waals surface area contributed by atoms with Gasteiger partial charge >= 0.3 is 5.97 Å². The van der Waals surface area contributed by atoms with Gasteiger partial charge in [0.1, 0.15) is 10.7 Å². The van der Waals surface area contributed by atoms with Crippen LogP contribution < -0.4 is 5.32 Å².